The lowest BCUT2D eigenvalue weighted by Gasteiger charge is -2.18. The SMILES string of the molecule is CCNC(CSCC)Cc1ccc2c(c1)CCC2. The van der Waals surface area contributed by atoms with E-state index in [4.69, 9.17) is 0 Å². The van der Waals surface area contributed by atoms with Crippen LogP contribution in [-0.4, -0.2) is 24.1 Å². The quantitative estimate of drug-likeness (QED) is 0.808. The van der Waals surface area contributed by atoms with E-state index in [0.29, 0.717) is 6.04 Å². The molecule has 0 amide bonds. The molecule has 0 saturated carbocycles. The Balaban J connectivity index is 1.97. The topological polar surface area (TPSA) is 12.0 Å². The number of hydrogen-bond donors (Lipinski definition) is 1. The van der Waals surface area contributed by atoms with E-state index in [2.05, 4.69) is 37.4 Å². The van der Waals surface area contributed by atoms with Crippen LogP contribution in [0, 0.1) is 0 Å². The second kappa shape index (κ2) is 7.20. The Labute approximate surface area is 116 Å². The smallest absolute Gasteiger partial charge is 0.0198 e. The largest absolute Gasteiger partial charge is 0.313 e. The predicted molar refractivity (Wildman–Crippen MR) is 82.6 cm³/mol. The Hall–Kier alpha value is -0.470. The van der Waals surface area contributed by atoms with Crippen LogP contribution in [0.1, 0.15) is 37.0 Å². The van der Waals surface area contributed by atoms with Crippen LogP contribution in [0.25, 0.3) is 0 Å². The van der Waals surface area contributed by atoms with Crippen molar-refractivity contribution in [3.63, 3.8) is 0 Å². The Kier molecular flexibility index (Phi) is 5.58. The Morgan fingerprint density at radius 1 is 1.22 bits per heavy atom. The molecule has 1 aromatic rings. The van der Waals surface area contributed by atoms with Crippen LogP contribution in [-0.2, 0) is 19.3 Å². The first kappa shape index (κ1) is 14.0. The van der Waals surface area contributed by atoms with Crippen LogP contribution >= 0.6 is 11.8 Å². The summed E-state index contributed by atoms with van der Waals surface area (Å²) in [6.45, 7) is 5.51. The normalized spacial score (nSPS) is 15.7. The van der Waals surface area contributed by atoms with Crippen molar-refractivity contribution in [2.24, 2.45) is 0 Å². The number of nitrogens with one attached hydrogen (secondary N) is 1. The van der Waals surface area contributed by atoms with E-state index in [-0.39, 0.29) is 0 Å². The third-order valence-corrected chi connectivity index (χ3v) is 4.71. The molecule has 1 atom stereocenters. The van der Waals surface area contributed by atoms with E-state index in [9.17, 15) is 0 Å². The molecule has 0 bridgehead atoms. The lowest BCUT2D eigenvalue weighted by Crippen LogP contribution is -2.33. The van der Waals surface area contributed by atoms with Crippen LogP contribution in [0.3, 0.4) is 0 Å². The molecular formula is C16H25NS. The van der Waals surface area contributed by atoms with Gasteiger partial charge in [0, 0.05) is 11.8 Å². The summed E-state index contributed by atoms with van der Waals surface area (Å²) in [4.78, 5) is 0. The van der Waals surface area contributed by atoms with E-state index in [1.165, 1.54) is 42.8 Å². The molecule has 0 spiro atoms. The number of benzene rings is 1. The summed E-state index contributed by atoms with van der Waals surface area (Å²) in [7, 11) is 0. The predicted octanol–water partition coefficient (Wildman–Crippen LogP) is 3.45. The van der Waals surface area contributed by atoms with E-state index in [0.717, 1.165) is 6.54 Å². The standard InChI is InChI=1S/C16H25NS/c1-3-17-16(12-18-4-2)11-13-8-9-14-6-5-7-15(14)10-13/h8-10,16-17H,3-7,11-12H2,1-2H3. The van der Waals surface area contributed by atoms with Gasteiger partial charge in [-0.2, -0.15) is 11.8 Å². The average molecular weight is 263 g/mol. The summed E-state index contributed by atoms with van der Waals surface area (Å²) in [5, 5.41) is 3.61. The van der Waals surface area contributed by atoms with E-state index >= 15 is 0 Å². The molecule has 100 valence electrons. The van der Waals surface area contributed by atoms with Gasteiger partial charge in [0.1, 0.15) is 0 Å². The molecule has 1 unspecified atom stereocenters. The first-order valence-corrected chi connectivity index (χ1v) is 8.40. The van der Waals surface area contributed by atoms with E-state index < -0.39 is 0 Å². The fourth-order valence-corrected chi connectivity index (χ4v) is 3.53. The second-order valence-electron chi connectivity index (χ2n) is 5.07. The molecule has 18 heavy (non-hydrogen) atoms. The monoisotopic (exact) mass is 263 g/mol. The Morgan fingerprint density at radius 3 is 2.83 bits per heavy atom. The van der Waals surface area contributed by atoms with E-state index in [1.807, 2.05) is 11.8 Å². The van der Waals surface area contributed by atoms with Gasteiger partial charge in [-0.25, -0.2) is 0 Å². The lowest BCUT2D eigenvalue weighted by molar-refractivity contribution is 0.572. The zero-order valence-corrected chi connectivity index (χ0v) is 12.5. The zero-order valence-electron chi connectivity index (χ0n) is 11.7. The van der Waals surface area contributed by atoms with Gasteiger partial charge in [-0.1, -0.05) is 32.0 Å². The van der Waals surface area contributed by atoms with Crippen LogP contribution in [0.5, 0.6) is 0 Å². The molecule has 1 nitrogen and oxygen atoms in total. The first-order chi connectivity index (χ1) is 8.83. The van der Waals surface area contributed by atoms with Gasteiger partial charge in [-0.3, -0.25) is 0 Å². The molecule has 2 rings (SSSR count). The van der Waals surface area contributed by atoms with Gasteiger partial charge < -0.3 is 5.32 Å². The minimum atomic E-state index is 0.624. The van der Waals surface area contributed by atoms with Crippen molar-refractivity contribution in [3.8, 4) is 0 Å². The summed E-state index contributed by atoms with van der Waals surface area (Å²) >= 11 is 2.04. The molecular weight excluding hydrogens is 238 g/mol. The van der Waals surface area contributed by atoms with Crippen LogP contribution < -0.4 is 5.32 Å². The fraction of sp³-hybridized carbons (Fsp3) is 0.625. The molecule has 0 saturated heterocycles. The molecule has 1 aromatic carbocycles. The summed E-state index contributed by atoms with van der Waals surface area (Å²) in [6.07, 6.45) is 5.10. The molecule has 1 aliphatic carbocycles. The van der Waals surface area contributed by atoms with Crippen LogP contribution in [0.15, 0.2) is 18.2 Å². The van der Waals surface area contributed by atoms with Crippen molar-refractivity contribution >= 4 is 11.8 Å². The zero-order chi connectivity index (χ0) is 12.8. The lowest BCUT2D eigenvalue weighted by atomic mass is 10.0. The minimum absolute atomic E-state index is 0.624. The number of aryl methyl sites for hydroxylation is 2. The average Bonchev–Trinajstić information content (AvgIpc) is 2.83. The molecule has 0 aromatic heterocycles. The molecule has 1 aliphatic rings. The summed E-state index contributed by atoms with van der Waals surface area (Å²) in [5.74, 6) is 2.44. The van der Waals surface area contributed by atoms with Gasteiger partial charge in [-0.05, 0) is 54.7 Å². The van der Waals surface area contributed by atoms with Gasteiger partial charge in [0.25, 0.3) is 0 Å². The summed E-state index contributed by atoms with van der Waals surface area (Å²) in [5.41, 5.74) is 4.70. The molecule has 1 N–H and O–H groups in total. The highest BCUT2D eigenvalue weighted by molar-refractivity contribution is 7.99. The van der Waals surface area contributed by atoms with Gasteiger partial charge in [0.2, 0.25) is 0 Å². The highest BCUT2D eigenvalue weighted by Gasteiger charge is 2.13. The molecule has 0 radical (unpaired) electrons. The van der Waals surface area contributed by atoms with Gasteiger partial charge >= 0.3 is 0 Å². The van der Waals surface area contributed by atoms with Crippen molar-refractivity contribution < 1.29 is 0 Å². The van der Waals surface area contributed by atoms with Gasteiger partial charge in [-0.15, -0.1) is 0 Å². The maximum Gasteiger partial charge on any atom is 0.0198 e. The maximum absolute atomic E-state index is 3.61. The van der Waals surface area contributed by atoms with E-state index in [1.54, 1.807) is 11.1 Å². The third-order valence-electron chi connectivity index (χ3n) is 3.66. The van der Waals surface area contributed by atoms with Gasteiger partial charge in [0.05, 0.1) is 0 Å². The van der Waals surface area contributed by atoms with Crippen LogP contribution in [0.4, 0.5) is 0 Å². The van der Waals surface area contributed by atoms with Crippen molar-refractivity contribution in [1.29, 1.82) is 0 Å². The number of likely N-dealkylation sites (N-methyl/N-ethyl adjacent to an activating group) is 1. The highest BCUT2D eigenvalue weighted by atomic mass is 32.2. The minimum Gasteiger partial charge on any atom is -0.313 e. The molecule has 0 aliphatic heterocycles. The Bertz CT molecular complexity index is 375. The molecule has 0 heterocycles. The van der Waals surface area contributed by atoms with Crippen molar-refractivity contribution in [2.75, 3.05) is 18.1 Å². The highest BCUT2D eigenvalue weighted by Crippen LogP contribution is 2.23. The summed E-state index contributed by atoms with van der Waals surface area (Å²) < 4.78 is 0. The number of rotatable bonds is 7. The number of hydrogen-bond acceptors (Lipinski definition) is 2. The van der Waals surface area contributed by atoms with Gasteiger partial charge in [0.15, 0.2) is 0 Å². The molecule has 0 fully saturated rings. The first-order valence-electron chi connectivity index (χ1n) is 7.25. The van der Waals surface area contributed by atoms with Crippen molar-refractivity contribution in [2.45, 2.75) is 45.6 Å². The molecule has 2 heteroatoms. The maximum atomic E-state index is 3.61. The Morgan fingerprint density at radius 2 is 2.06 bits per heavy atom. The van der Waals surface area contributed by atoms with Crippen molar-refractivity contribution in [3.05, 3.63) is 34.9 Å². The third kappa shape index (κ3) is 3.76. The number of fused-ring (bicyclic) bond motifs is 1. The second-order valence-corrected chi connectivity index (χ2v) is 6.39. The number of thioether (sulfide) groups is 1. The fourth-order valence-electron chi connectivity index (χ4n) is 2.78. The van der Waals surface area contributed by atoms with Crippen LogP contribution in [0.2, 0.25) is 0 Å². The van der Waals surface area contributed by atoms with Crippen molar-refractivity contribution in [1.82, 2.24) is 5.32 Å². The summed E-state index contributed by atoms with van der Waals surface area (Å²) in [6, 6.07) is 7.77.